The Morgan fingerprint density at radius 2 is 1.24 bits per heavy atom. The van der Waals surface area contributed by atoms with Crippen LogP contribution in [0.1, 0.15) is 55.0 Å². The molecule has 0 fully saturated rings. The molecule has 0 saturated carbocycles. The Bertz CT molecular complexity index is 759. The van der Waals surface area contributed by atoms with Gasteiger partial charge in [0.2, 0.25) is 0 Å². The number of Topliss-reactive ketones (excluding diaryl/α,β-unsaturated/α-hetero) is 2. The van der Waals surface area contributed by atoms with E-state index in [0.29, 0.717) is 6.42 Å². The summed E-state index contributed by atoms with van der Waals surface area (Å²) in [5.41, 5.74) is 6.32. The first-order chi connectivity index (χ1) is 17.0. The second-order valence-electron chi connectivity index (χ2n) is 8.69. The molecule has 0 aromatic heterocycles. The predicted molar refractivity (Wildman–Crippen MR) is 145 cm³/mol. The van der Waals surface area contributed by atoms with E-state index in [2.05, 4.69) is 5.32 Å². The summed E-state index contributed by atoms with van der Waals surface area (Å²) >= 11 is 0. The van der Waals surface area contributed by atoms with Gasteiger partial charge >= 0.3 is 6.09 Å². The highest BCUT2D eigenvalue weighted by atomic mass is 16.7. The van der Waals surface area contributed by atoms with Crippen molar-refractivity contribution < 1.29 is 39.5 Å². The van der Waals surface area contributed by atoms with E-state index in [-0.39, 0.29) is 51.6 Å². The minimum absolute atomic E-state index is 0. The molecule has 4 atom stereocenters. The number of ether oxygens (including phenoxy) is 5. The first-order valence-corrected chi connectivity index (χ1v) is 11.9. The summed E-state index contributed by atoms with van der Waals surface area (Å²) in [4.78, 5) is 35.1. The molecule has 1 aromatic rings. The summed E-state index contributed by atoms with van der Waals surface area (Å²) in [5.74, 6) is -0.143. The van der Waals surface area contributed by atoms with Crippen LogP contribution in [0.3, 0.4) is 0 Å². The predicted octanol–water partition coefficient (Wildman–Crippen LogP) is 3.95. The van der Waals surface area contributed by atoms with Crippen LogP contribution in [0.25, 0.3) is 0 Å². The molecule has 2 unspecified atom stereocenters. The molecule has 10 heteroatoms. The van der Waals surface area contributed by atoms with Crippen LogP contribution in [0, 0.1) is 11.8 Å². The van der Waals surface area contributed by atoms with Crippen LogP contribution in [0.15, 0.2) is 30.3 Å². The number of carbonyl (C=O) groups is 3. The third kappa shape index (κ3) is 15.5. The Kier molecular flexibility index (Phi) is 20.5. The second-order valence-corrected chi connectivity index (χ2v) is 8.69. The van der Waals surface area contributed by atoms with Crippen LogP contribution < -0.4 is 11.1 Å². The number of ketones is 2. The fourth-order valence-electron chi connectivity index (χ4n) is 3.33. The first-order valence-electron chi connectivity index (χ1n) is 11.9. The van der Waals surface area contributed by atoms with E-state index in [1.807, 2.05) is 44.2 Å². The highest BCUT2D eigenvalue weighted by Gasteiger charge is 2.24. The first kappa shape index (κ1) is 36.8. The number of alkyl carbamates (subject to hydrolysis) is 1. The van der Waals surface area contributed by atoms with Crippen LogP contribution in [0.5, 0.6) is 0 Å². The van der Waals surface area contributed by atoms with Crippen molar-refractivity contribution in [3.05, 3.63) is 35.9 Å². The van der Waals surface area contributed by atoms with E-state index in [1.165, 1.54) is 14.2 Å². The molecule has 0 aliphatic carbocycles. The molecule has 0 spiro atoms. The second kappa shape index (κ2) is 20.7. The quantitative estimate of drug-likeness (QED) is 0.323. The summed E-state index contributed by atoms with van der Waals surface area (Å²) < 4.78 is 25.4. The topological polar surface area (TPSA) is 135 Å². The maximum Gasteiger partial charge on any atom is 0.408 e. The number of nitrogens with one attached hydrogen (secondary N) is 1. The van der Waals surface area contributed by atoms with Crippen molar-refractivity contribution in [2.75, 3.05) is 28.4 Å². The van der Waals surface area contributed by atoms with Crippen LogP contribution in [-0.2, 0) is 39.9 Å². The lowest BCUT2D eigenvalue weighted by Crippen LogP contribution is -2.40. The average Bonchev–Trinajstić information content (AvgIpc) is 2.85. The van der Waals surface area contributed by atoms with Crippen molar-refractivity contribution in [2.24, 2.45) is 17.6 Å². The number of benzene rings is 1. The van der Waals surface area contributed by atoms with Gasteiger partial charge in [-0.1, -0.05) is 51.6 Å². The lowest BCUT2D eigenvalue weighted by Gasteiger charge is -2.22. The van der Waals surface area contributed by atoms with Crippen molar-refractivity contribution in [1.82, 2.24) is 5.32 Å². The SMILES string of the molecule is C.COC(OC)C(C)CC(=O)[C@H](C)N.COC(OC)C(C)CC(=O)[C@H](C)NC(=O)OCc1ccccc1.[HH]. The van der Waals surface area contributed by atoms with E-state index in [1.54, 1.807) is 28.1 Å². The van der Waals surface area contributed by atoms with Gasteiger partial charge in [0.25, 0.3) is 0 Å². The van der Waals surface area contributed by atoms with Gasteiger partial charge in [-0.15, -0.1) is 0 Å². The lowest BCUT2D eigenvalue weighted by molar-refractivity contribution is -0.143. The molecule has 10 nitrogen and oxygen atoms in total. The van der Waals surface area contributed by atoms with Crippen molar-refractivity contribution in [3.8, 4) is 0 Å². The number of carbonyl (C=O) groups excluding carboxylic acids is 3. The molecule has 1 rings (SSSR count). The van der Waals surface area contributed by atoms with Crippen LogP contribution in [0.4, 0.5) is 4.79 Å². The average molecular weight is 531 g/mol. The third-order valence-electron chi connectivity index (χ3n) is 5.44. The molecule has 0 radical (unpaired) electrons. The maximum atomic E-state index is 12.1. The van der Waals surface area contributed by atoms with E-state index >= 15 is 0 Å². The van der Waals surface area contributed by atoms with Gasteiger partial charge in [-0.25, -0.2) is 4.79 Å². The zero-order chi connectivity index (χ0) is 27.7. The van der Waals surface area contributed by atoms with Crippen molar-refractivity contribution in [2.45, 2.75) is 79.2 Å². The van der Waals surface area contributed by atoms with Crippen molar-refractivity contribution in [1.29, 1.82) is 0 Å². The van der Waals surface area contributed by atoms with Gasteiger partial charge in [0.05, 0.1) is 12.1 Å². The Morgan fingerprint density at radius 1 is 0.811 bits per heavy atom. The van der Waals surface area contributed by atoms with Gasteiger partial charge in [0, 0.05) is 54.5 Å². The largest absolute Gasteiger partial charge is 0.445 e. The normalized spacial score (nSPS) is 13.9. The molecular formula is C27H50N2O8. The summed E-state index contributed by atoms with van der Waals surface area (Å²) in [5, 5.41) is 2.54. The third-order valence-corrected chi connectivity index (χ3v) is 5.44. The fraction of sp³-hybridized carbons (Fsp3) is 0.667. The standard InChI is InChI=1S/C17H25NO5.C9H19NO3.CH4.H2/c1-12(16(21-3)22-4)10-15(19)13(2)18-17(20)23-11-14-8-6-5-7-9-14;1-6(9(12-3)13-4)5-8(11)7(2)10;;/h5-9,12-13,16H,10-11H2,1-4H3,(H,18,20);6-7,9H,5,10H2,1-4H3;1H4;1H/t12?,13-;6?,7-;;/m00../s1. The zero-order valence-electron chi connectivity index (χ0n) is 22.8. The monoisotopic (exact) mass is 530 g/mol. The molecule has 0 aliphatic heterocycles. The van der Waals surface area contributed by atoms with Gasteiger partial charge in [0.15, 0.2) is 18.4 Å². The number of hydrogen-bond acceptors (Lipinski definition) is 9. The van der Waals surface area contributed by atoms with E-state index in [9.17, 15) is 14.4 Å². The molecule has 3 N–H and O–H groups in total. The van der Waals surface area contributed by atoms with E-state index in [0.717, 1.165) is 5.56 Å². The molecule has 0 aliphatic rings. The number of methoxy groups -OCH3 is 4. The highest BCUT2D eigenvalue weighted by molar-refractivity contribution is 5.87. The van der Waals surface area contributed by atoms with E-state index in [4.69, 9.17) is 29.4 Å². The minimum Gasteiger partial charge on any atom is -0.445 e. The summed E-state index contributed by atoms with van der Waals surface area (Å²) in [6.45, 7) is 7.24. The summed E-state index contributed by atoms with van der Waals surface area (Å²) in [6, 6.07) is 8.31. The number of amides is 1. The maximum absolute atomic E-state index is 12.1. The number of hydrogen-bond donors (Lipinski definition) is 2. The van der Waals surface area contributed by atoms with Crippen LogP contribution in [-0.4, -0.2) is 70.8 Å². The molecule has 216 valence electrons. The Morgan fingerprint density at radius 3 is 1.65 bits per heavy atom. The fourth-order valence-corrected chi connectivity index (χ4v) is 3.33. The molecule has 37 heavy (non-hydrogen) atoms. The van der Waals surface area contributed by atoms with Crippen molar-refractivity contribution in [3.63, 3.8) is 0 Å². The molecular weight excluding hydrogens is 480 g/mol. The van der Waals surface area contributed by atoms with Crippen LogP contribution in [0.2, 0.25) is 0 Å². The molecule has 0 heterocycles. The molecule has 0 saturated heterocycles. The van der Waals surface area contributed by atoms with Gasteiger partial charge in [-0.05, 0) is 19.4 Å². The smallest absolute Gasteiger partial charge is 0.408 e. The minimum atomic E-state index is -0.630. The van der Waals surface area contributed by atoms with Gasteiger partial charge in [0.1, 0.15) is 12.4 Å². The molecule has 1 amide bonds. The Balaban J connectivity index is -0.000000705. The Labute approximate surface area is 224 Å². The number of nitrogens with two attached hydrogens (primary N) is 1. The van der Waals surface area contributed by atoms with Gasteiger partial charge in [-0.2, -0.15) is 0 Å². The number of rotatable bonds is 15. The Hall–Kier alpha value is -2.37. The lowest BCUT2D eigenvalue weighted by atomic mass is 10.0. The zero-order valence-corrected chi connectivity index (χ0v) is 22.8. The molecule has 0 bridgehead atoms. The summed E-state index contributed by atoms with van der Waals surface area (Å²) in [6.07, 6.45) is -0.757. The van der Waals surface area contributed by atoms with Gasteiger partial charge in [-0.3, -0.25) is 9.59 Å². The molecule has 1 aromatic carbocycles. The summed E-state index contributed by atoms with van der Waals surface area (Å²) in [7, 11) is 6.16. The van der Waals surface area contributed by atoms with Crippen molar-refractivity contribution >= 4 is 17.7 Å². The van der Waals surface area contributed by atoms with Crippen LogP contribution >= 0.6 is 0 Å². The highest BCUT2D eigenvalue weighted by Crippen LogP contribution is 2.14. The van der Waals surface area contributed by atoms with E-state index < -0.39 is 24.5 Å². The van der Waals surface area contributed by atoms with Gasteiger partial charge < -0.3 is 34.7 Å².